The number of carbonyl (C=O) groups is 2. The zero-order chi connectivity index (χ0) is 11.3. The van der Waals surface area contributed by atoms with Gasteiger partial charge in [-0.2, -0.15) is 0 Å². The monoisotopic (exact) mass is 202 g/mol. The van der Waals surface area contributed by atoms with Crippen molar-refractivity contribution in [3.8, 4) is 0 Å². The predicted molar refractivity (Wildman–Crippen MR) is 52.7 cm³/mol. The van der Waals surface area contributed by atoms with Crippen LogP contribution in [-0.2, 0) is 9.59 Å². The number of likely N-dealkylation sites (N-methyl/N-ethyl adjacent to an activating group) is 1. The van der Waals surface area contributed by atoms with Crippen molar-refractivity contribution in [1.82, 2.24) is 4.90 Å². The van der Waals surface area contributed by atoms with Crippen LogP contribution in [0.3, 0.4) is 0 Å². The van der Waals surface area contributed by atoms with Gasteiger partial charge >= 0.3 is 5.97 Å². The summed E-state index contributed by atoms with van der Waals surface area (Å²) in [5.41, 5.74) is 5.66. The van der Waals surface area contributed by atoms with E-state index in [-0.39, 0.29) is 18.4 Å². The van der Waals surface area contributed by atoms with Crippen LogP contribution in [0.2, 0.25) is 0 Å². The van der Waals surface area contributed by atoms with Gasteiger partial charge in [-0.15, -0.1) is 0 Å². The van der Waals surface area contributed by atoms with Crippen molar-refractivity contribution in [1.29, 1.82) is 0 Å². The summed E-state index contributed by atoms with van der Waals surface area (Å²) in [7, 11) is 1.44. The Labute approximate surface area is 83.9 Å². The summed E-state index contributed by atoms with van der Waals surface area (Å²) in [4.78, 5) is 23.0. The Morgan fingerprint density at radius 2 is 2.00 bits per heavy atom. The summed E-state index contributed by atoms with van der Waals surface area (Å²) in [6, 6.07) is -0.607. The van der Waals surface area contributed by atoms with Crippen LogP contribution in [0.15, 0.2) is 0 Å². The Morgan fingerprint density at radius 3 is 2.36 bits per heavy atom. The van der Waals surface area contributed by atoms with Crippen LogP contribution in [0.5, 0.6) is 0 Å². The van der Waals surface area contributed by atoms with Gasteiger partial charge in [0.2, 0.25) is 5.91 Å². The highest BCUT2D eigenvalue weighted by molar-refractivity contribution is 5.85. The van der Waals surface area contributed by atoms with E-state index in [4.69, 9.17) is 10.8 Å². The number of hydrogen-bond acceptors (Lipinski definition) is 3. The highest BCUT2D eigenvalue weighted by Crippen LogP contribution is 2.07. The maximum absolute atomic E-state index is 11.5. The number of nitrogens with two attached hydrogens (primary N) is 1. The lowest BCUT2D eigenvalue weighted by Gasteiger charge is -2.23. The molecule has 0 radical (unpaired) electrons. The minimum absolute atomic E-state index is 0.0683. The van der Waals surface area contributed by atoms with E-state index < -0.39 is 12.0 Å². The van der Waals surface area contributed by atoms with Gasteiger partial charge in [0, 0.05) is 7.05 Å². The standard InChI is InChI=1S/C9H18N2O3/c1-4-6(2)8(10)9(14)11(3)5-7(12)13/h6,8H,4-5,10H2,1-3H3,(H,12,13). The first-order chi connectivity index (χ1) is 6.40. The second kappa shape index (κ2) is 5.59. The van der Waals surface area contributed by atoms with E-state index in [2.05, 4.69) is 0 Å². The first-order valence-corrected chi connectivity index (χ1v) is 4.62. The quantitative estimate of drug-likeness (QED) is 0.652. The molecule has 1 amide bonds. The smallest absolute Gasteiger partial charge is 0.323 e. The van der Waals surface area contributed by atoms with E-state index >= 15 is 0 Å². The van der Waals surface area contributed by atoms with E-state index in [0.717, 1.165) is 11.3 Å². The maximum atomic E-state index is 11.5. The molecule has 2 unspecified atom stereocenters. The molecule has 2 atom stereocenters. The van der Waals surface area contributed by atoms with E-state index in [0.29, 0.717) is 0 Å². The van der Waals surface area contributed by atoms with Gasteiger partial charge < -0.3 is 15.7 Å². The molecule has 0 fully saturated rings. The maximum Gasteiger partial charge on any atom is 0.323 e. The molecule has 0 rings (SSSR count). The second-order valence-corrected chi connectivity index (χ2v) is 3.50. The summed E-state index contributed by atoms with van der Waals surface area (Å²) < 4.78 is 0. The summed E-state index contributed by atoms with van der Waals surface area (Å²) in [5.74, 6) is -1.28. The van der Waals surface area contributed by atoms with Gasteiger partial charge in [-0.05, 0) is 5.92 Å². The van der Waals surface area contributed by atoms with E-state index in [1.165, 1.54) is 7.05 Å². The van der Waals surface area contributed by atoms with Crippen molar-refractivity contribution < 1.29 is 14.7 Å². The molecule has 0 aromatic heterocycles. The van der Waals surface area contributed by atoms with Crippen molar-refractivity contribution in [2.24, 2.45) is 11.7 Å². The van der Waals surface area contributed by atoms with E-state index in [1.54, 1.807) is 0 Å². The number of carboxylic acid groups (broad SMARTS) is 1. The number of hydrogen-bond donors (Lipinski definition) is 2. The summed E-state index contributed by atoms with van der Waals surface area (Å²) in [5, 5.41) is 8.48. The summed E-state index contributed by atoms with van der Waals surface area (Å²) >= 11 is 0. The third-order valence-electron chi connectivity index (χ3n) is 2.29. The van der Waals surface area contributed by atoms with E-state index in [9.17, 15) is 9.59 Å². The van der Waals surface area contributed by atoms with E-state index in [1.807, 2.05) is 13.8 Å². The van der Waals surface area contributed by atoms with Crippen molar-refractivity contribution in [3.05, 3.63) is 0 Å². The van der Waals surface area contributed by atoms with Gasteiger partial charge in [-0.25, -0.2) is 0 Å². The fourth-order valence-electron chi connectivity index (χ4n) is 1.03. The molecule has 0 saturated heterocycles. The lowest BCUT2D eigenvalue weighted by atomic mass is 9.99. The summed E-state index contributed by atoms with van der Waals surface area (Å²) in [6.45, 7) is 3.51. The topological polar surface area (TPSA) is 83.6 Å². The highest BCUT2D eigenvalue weighted by Gasteiger charge is 2.23. The molecule has 5 heteroatoms. The fraction of sp³-hybridized carbons (Fsp3) is 0.778. The van der Waals surface area contributed by atoms with Crippen LogP contribution in [0.1, 0.15) is 20.3 Å². The molecular formula is C9H18N2O3. The molecule has 3 N–H and O–H groups in total. The third-order valence-corrected chi connectivity index (χ3v) is 2.29. The van der Waals surface area contributed by atoms with Gasteiger partial charge in [-0.3, -0.25) is 9.59 Å². The molecule has 0 spiro atoms. The molecule has 0 aromatic rings. The number of rotatable bonds is 5. The van der Waals surface area contributed by atoms with Crippen LogP contribution in [-0.4, -0.2) is 41.5 Å². The van der Waals surface area contributed by atoms with Gasteiger partial charge in [0.1, 0.15) is 6.54 Å². The Balaban J connectivity index is 4.23. The van der Waals surface area contributed by atoms with Gasteiger partial charge in [0.25, 0.3) is 0 Å². The van der Waals surface area contributed by atoms with Gasteiger partial charge in [-0.1, -0.05) is 20.3 Å². The first-order valence-electron chi connectivity index (χ1n) is 4.62. The zero-order valence-corrected chi connectivity index (χ0v) is 8.86. The van der Waals surface area contributed by atoms with Crippen molar-refractivity contribution in [2.75, 3.05) is 13.6 Å². The average molecular weight is 202 g/mol. The normalized spacial score (nSPS) is 14.6. The molecule has 0 aliphatic heterocycles. The SMILES string of the molecule is CCC(C)C(N)C(=O)N(C)CC(=O)O. The molecule has 0 saturated carbocycles. The molecule has 0 aromatic carbocycles. The number of amides is 1. The molecule has 0 aliphatic rings. The molecule has 14 heavy (non-hydrogen) atoms. The van der Waals surface area contributed by atoms with Crippen molar-refractivity contribution in [2.45, 2.75) is 26.3 Å². The van der Waals surface area contributed by atoms with Crippen LogP contribution >= 0.6 is 0 Å². The van der Waals surface area contributed by atoms with Crippen LogP contribution in [0.4, 0.5) is 0 Å². The third kappa shape index (κ3) is 3.74. The van der Waals surface area contributed by atoms with Crippen molar-refractivity contribution >= 4 is 11.9 Å². The molecule has 0 heterocycles. The number of carboxylic acids is 1. The molecular weight excluding hydrogens is 184 g/mol. The lowest BCUT2D eigenvalue weighted by Crippen LogP contribution is -2.46. The van der Waals surface area contributed by atoms with Crippen LogP contribution < -0.4 is 5.73 Å². The zero-order valence-electron chi connectivity index (χ0n) is 8.86. The minimum atomic E-state index is -1.03. The highest BCUT2D eigenvalue weighted by atomic mass is 16.4. The largest absolute Gasteiger partial charge is 0.480 e. The molecule has 5 nitrogen and oxygen atoms in total. The van der Waals surface area contributed by atoms with Gasteiger partial charge in [0.05, 0.1) is 6.04 Å². The number of carbonyl (C=O) groups excluding carboxylic acids is 1. The summed E-state index contributed by atoms with van der Waals surface area (Å²) in [6.07, 6.45) is 0.799. The molecule has 82 valence electrons. The van der Waals surface area contributed by atoms with Gasteiger partial charge in [0.15, 0.2) is 0 Å². The predicted octanol–water partition coefficient (Wildman–Crippen LogP) is -0.0972. The van der Waals surface area contributed by atoms with Crippen molar-refractivity contribution in [3.63, 3.8) is 0 Å². The molecule has 0 aliphatic carbocycles. The Hall–Kier alpha value is -1.10. The fourth-order valence-corrected chi connectivity index (χ4v) is 1.03. The number of nitrogens with zero attached hydrogens (tertiary/aromatic N) is 1. The minimum Gasteiger partial charge on any atom is -0.480 e. The first kappa shape index (κ1) is 12.9. The second-order valence-electron chi connectivity index (χ2n) is 3.50. The molecule has 0 bridgehead atoms. The average Bonchev–Trinajstić information content (AvgIpc) is 2.13. The van der Waals surface area contributed by atoms with Crippen LogP contribution in [0.25, 0.3) is 0 Å². The lowest BCUT2D eigenvalue weighted by molar-refractivity contribution is -0.144. The Morgan fingerprint density at radius 1 is 1.50 bits per heavy atom. The van der Waals surface area contributed by atoms with Crippen LogP contribution in [0, 0.1) is 5.92 Å². The Kier molecular flexibility index (Phi) is 5.15. The number of aliphatic carboxylic acids is 1. The Bertz CT molecular complexity index is 218.